The first-order valence-corrected chi connectivity index (χ1v) is 9.58. The molecule has 3 heteroatoms. The second kappa shape index (κ2) is 7.58. The molecule has 3 nitrogen and oxygen atoms in total. The number of amides is 1. The number of nitrogens with one attached hydrogen (secondary N) is 1. The van der Waals surface area contributed by atoms with Gasteiger partial charge in [-0.2, -0.15) is 0 Å². The van der Waals surface area contributed by atoms with Gasteiger partial charge in [0, 0.05) is 35.6 Å². The summed E-state index contributed by atoms with van der Waals surface area (Å²) in [5.41, 5.74) is 2.85. The zero-order valence-electron chi connectivity index (χ0n) is 16.7. The molecule has 2 aromatic carbocycles. The molecule has 0 atom stereocenters. The Labute approximate surface area is 162 Å². The van der Waals surface area contributed by atoms with Crippen molar-refractivity contribution in [3.05, 3.63) is 71.3 Å². The Morgan fingerprint density at radius 1 is 0.889 bits per heavy atom. The molecule has 140 valence electrons. The van der Waals surface area contributed by atoms with Crippen molar-refractivity contribution in [2.45, 2.75) is 57.7 Å². The number of hydrogen-bond acceptors (Lipinski definition) is 1. The van der Waals surface area contributed by atoms with Crippen LogP contribution in [0.25, 0.3) is 0 Å². The van der Waals surface area contributed by atoms with Gasteiger partial charge in [-0.3, -0.25) is 4.79 Å². The van der Waals surface area contributed by atoms with E-state index in [2.05, 4.69) is 50.2 Å². The Kier molecular flexibility index (Phi) is 5.39. The minimum absolute atomic E-state index is 0.00364. The van der Waals surface area contributed by atoms with Crippen LogP contribution in [0.2, 0.25) is 0 Å². The largest absolute Gasteiger partial charge is 0.349 e. The second-order valence-electron chi connectivity index (χ2n) is 8.89. The summed E-state index contributed by atoms with van der Waals surface area (Å²) in [6.45, 7) is 8.97. The van der Waals surface area contributed by atoms with Crippen LogP contribution in [0.5, 0.6) is 0 Å². The molecule has 1 saturated heterocycles. The van der Waals surface area contributed by atoms with Crippen LogP contribution in [0, 0.1) is 11.8 Å². The maximum Gasteiger partial charge on any atom is 0.251 e. The van der Waals surface area contributed by atoms with Gasteiger partial charge in [-0.15, -0.1) is 0 Å². The molecule has 0 aromatic heterocycles. The van der Waals surface area contributed by atoms with E-state index in [1.54, 1.807) is 0 Å². The highest BCUT2D eigenvalue weighted by Gasteiger charge is 2.42. The fraction of sp³-hybridized carbons (Fsp3) is 0.375. The minimum atomic E-state index is -0.00364. The first-order chi connectivity index (χ1) is 12.7. The Morgan fingerprint density at radius 3 is 1.96 bits per heavy atom. The molecule has 3 rings (SSSR count). The fourth-order valence-corrected chi connectivity index (χ4v) is 4.26. The number of piperidine rings is 1. The van der Waals surface area contributed by atoms with E-state index in [0.29, 0.717) is 5.56 Å². The maximum atomic E-state index is 12.7. The Balaban J connectivity index is 1.65. The van der Waals surface area contributed by atoms with E-state index >= 15 is 0 Å². The molecular formula is C24H29N2O+. The molecule has 1 fully saturated rings. The van der Waals surface area contributed by atoms with Crippen LogP contribution in [-0.4, -0.2) is 23.0 Å². The van der Waals surface area contributed by atoms with Gasteiger partial charge in [-0.05, 0) is 64.1 Å². The molecule has 0 spiro atoms. The van der Waals surface area contributed by atoms with Gasteiger partial charge in [-0.25, -0.2) is 0 Å². The topological polar surface area (TPSA) is 45.7 Å². The van der Waals surface area contributed by atoms with E-state index < -0.39 is 0 Å². The lowest BCUT2D eigenvalue weighted by Crippen LogP contribution is -3.06. The third kappa shape index (κ3) is 5.45. The number of nitrogens with two attached hydrogens (primary N) is 1. The van der Waals surface area contributed by atoms with Crippen LogP contribution >= 0.6 is 0 Å². The smallest absolute Gasteiger partial charge is 0.251 e. The van der Waals surface area contributed by atoms with E-state index in [1.807, 2.05) is 54.6 Å². The number of hydrogen-bond donors (Lipinski definition) is 2. The zero-order chi connectivity index (χ0) is 19.5. The maximum absolute atomic E-state index is 12.7. The van der Waals surface area contributed by atoms with Gasteiger partial charge < -0.3 is 10.6 Å². The summed E-state index contributed by atoms with van der Waals surface area (Å²) < 4.78 is 0. The van der Waals surface area contributed by atoms with Crippen molar-refractivity contribution in [1.82, 2.24) is 5.32 Å². The molecule has 1 aliphatic heterocycles. The van der Waals surface area contributed by atoms with Crippen molar-refractivity contribution in [2.24, 2.45) is 0 Å². The monoisotopic (exact) mass is 361 g/mol. The normalized spacial score (nSPS) is 18.2. The molecule has 1 heterocycles. The average molecular weight is 362 g/mol. The first kappa shape index (κ1) is 19.2. The predicted octanol–water partition coefficient (Wildman–Crippen LogP) is 3.10. The van der Waals surface area contributed by atoms with Gasteiger partial charge in [0.05, 0.1) is 11.1 Å². The van der Waals surface area contributed by atoms with Gasteiger partial charge in [0.2, 0.25) is 0 Å². The van der Waals surface area contributed by atoms with Gasteiger partial charge >= 0.3 is 0 Å². The molecular weight excluding hydrogens is 332 g/mol. The van der Waals surface area contributed by atoms with E-state index in [-0.39, 0.29) is 23.0 Å². The number of rotatable bonds is 2. The Morgan fingerprint density at radius 2 is 1.41 bits per heavy atom. The second-order valence-corrected chi connectivity index (χ2v) is 8.89. The van der Waals surface area contributed by atoms with E-state index in [1.165, 1.54) is 0 Å². The Bertz CT molecular complexity index is 839. The molecule has 27 heavy (non-hydrogen) atoms. The van der Waals surface area contributed by atoms with E-state index in [9.17, 15) is 4.79 Å². The number of quaternary nitrogens is 1. The molecule has 0 bridgehead atoms. The van der Waals surface area contributed by atoms with E-state index in [4.69, 9.17) is 0 Å². The minimum Gasteiger partial charge on any atom is -0.349 e. The Hall–Kier alpha value is -2.57. The summed E-state index contributed by atoms with van der Waals surface area (Å²) in [5.74, 6) is 6.28. The quantitative estimate of drug-likeness (QED) is 0.794. The van der Waals surface area contributed by atoms with Crippen LogP contribution in [-0.2, 0) is 0 Å². The summed E-state index contributed by atoms with van der Waals surface area (Å²) in [5, 5.41) is 5.65. The van der Waals surface area contributed by atoms with Crippen molar-refractivity contribution in [3.8, 4) is 11.8 Å². The van der Waals surface area contributed by atoms with Crippen molar-refractivity contribution >= 4 is 5.91 Å². The lowest BCUT2D eigenvalue weighted by Gasteiger charge is -2.43. The fourth-order valence-electron chi connectivity index (χ4n) is 4.26. The molecule has 1 amide bonds. The van der Waals surface area contributed by atoms with Crippen LogP contribution in [0.3, 0.4) is 0 Å². The molecule has 2 aromatic rings. The predicted molar refractivity (Wildman–Crippen MR) is 109 cm³/mol. The van der Waals surface area contributed by atoms with Crippen LogP contribution in [0.1, 0.15) is 62.0 Å². The first-order valence-electron chi connectivity index (χ1n) is 9.58. The third-order valence-corrected chi connectivity index (χ3v) is 4.93. The summed E-state index contributed by atoms with van der Waals surface area (Å²) in [6, 6.07) is 17.6. The summed E-state index contributed by atoms with van der Waals surface area (Å²) in [7, 11) is 0. The highest BCUT2D eigenvalue weighted by atomic mass is 16.1. The molecule has 1 aliphatic rings. The van der Waals surface area contributed by atoms with Gasteiger partial charge in [-0.1, -0.05) is 30.0 Å². The summed E-state index contributed by atoms with van der Waals surface area (Å²) in [4.78, 5) is 12.7. The van der Waals surface area contributed by atoms with Gasteiger partial charge in [0.25, 0.3) is 5.91 Å². The van der Waals surface area contributed by atoms with Crippen LogP contribution < -0.4 is 10.6 Å². The van der Waals surface area contributed by atoms with Crippen LogP contribution in [0.4, 0.5) is 0 Å². The van der Waals surface area contributed by atoms with Crippen molar-refractivity contribution in [3.63, 3.8) is 0 Å². The average Bonchev–Trinajstić information content (AvgIpc) is 2.58. The van der Waals surface area contributed by atoms with Gasteiger partial charge in [0.1, 0.15) is 0 Å². The van der Waals surface area contributed by atoms with E-state index in [0.717, 1.165) is 24.0 Å². The standard InChI is InChI=1S/C24H28N2O/c1-23(2)16-21(17-24(3,4)26-23)25-22(27)20-14-12-19(13-15-20)11-10-18-8-6-5-7-9-18/h5-9,12-15,21,26H,16-17H2,1-4H3,(H,25,27)/p+1. The SMILES string of the molecule is CC1(C)CC(NC(=O)c2ccc(C#Cc3ccccc3)cc2)CC(C)(C)[NH2+]1. The highest BCUT2D eigenvalue weighted by Crippen LogP contribution is 2.22. The number of carbonyl (C=O) groups excluding carboxylic acids is 1. The summed E-state index contributed by atoms with van der Waals surface area (Å²) in [6.07, 6.45) is 1.95. The highest BCUT2D eigenvalue weighted by molar-refractivity contribution is 5.94. The van der Waals surface area contributed by atoms with Crippen molar-refractivity contribution in [2.75, 3.05) is 0 Å². The van der Waals surface area contributed by atoms with Gasteiger partial charge in [0.15, 0.2) is 0 Å². The van der Waals surface area contributed by atoms with Crippen molar-refractivity contribution in [1.29, 1.82) is 0 Å². The third-order valence-electron chi connectivity index (χ3n) is 4.93. The molecule has 0 radical (unpaired) electrons. The van der Waals surface area contributed by atoms with Crippen molar-refractivity contribution < 1.29 is 10.1 Å². The molecule has 0 unspecified atom stereocenters. The van der Waals surface area contributed by atoms with Crippen LogP contribution in [0.15, 0.2) is 54.6 Å². The molecule has 3 N–H and O–H groups in total. The zero-order valence-corrected chi connectivity index (χ0v) is 16.7. The number of benzene rings is 2. The number of carbonyl (C=O) groups is 1. The lowest BCUT2D eigenvalue weighted by atomic mass is 9.79. The molecule has 0 saturated carbocycles. The molecule has 0 aliphatic carbocycles. The summed E-state index contributed by atoms with van der Waals surface area (Å²) >= 11 is 0. The lowest BCUT2D eigenvalue weighted by molar-refractivity contribution is -0.787.